The Morgan fingerprint density at radius 2 is 1.52 bits per heavy atom. The van der Waals surface area contributed by atoms with Gasteiger partial charge in [0.2, 0.25) is 0 Å². The van der Waals surface area contributed by atoms with Gasteiger partial charge < -0.3 is 14.2 Å². The van der Waals surface area contributed by atoms with Crippen molar-refractivity contribution in [2.24, 2.45) is 11.3 Å². The molecule has 0 N–H and O–H groups in total. The fourth-order valence-electron chi connectivity index (χ4n) is 2.90. The van der Waals surface area contributed by atoms with Crippen LogP contribution in [0.5, 0.6) is 0 Å². The molecule has 1 aliphatic carbocycles. The molecule has 1 aliphatic heterocycles. The average Bonchev–Trinajstić information content (AvgIpc) is 2.72. The van der Waals surface area contributed by atoms with Gasteiger partial charge in [0.25, 0.3) is 0 Å². The lowest BCUT2D eigenvalue weighted by Crippen LogP contribution is -2.51. The van der Waals surface area contributed by atoms with Gasteiger partial charge in [-0.05, 0) is 13.3 Å². The van der Waals surface area contributed by atoms with E-state index in [1.54, 1.807) is 0 Å². The van der Waals surface area contributed by atoms with Crippen LogP contribution in [0.2, 0.25) is 0 Å². The second-order valence-corrected chi connectivity index (χ2v) is 6.04. The Labute approximate surface area is 136 Å². The summed E-state index contributed by atoms with van der Waals surface area (Å²) in [6.07, 6.45) is -15.4. The van der Waals surface area contributed by atoms with Gasteiger partial charge in [0, 0.05) is 12.3 Å². The van der Waals surface area contributed by atoms with Crippen LogP contribution in [0, 0.1) is 11.3 Å². The summed E-state index contributed by atoms with van der Waals surface area (Å²) in [5.41, 5.74) is -1.35. The zero-order valence-corrected chi connectivity index (χ0v) is 12.6. The van der Waals surface area contributed by atoms with E-state index in [-0.39, 0.29) is 6.61 Å². The lowest BCUT2D eigenvalue weighted by Gasteiger charge is -2.40. The molecule has 4 atom stereocenters. The van der Waals surface area contributed by atoms with Crippen molar-refractivity contribution in [2.75, 3.05) is 6.61 Å². The van der Waals surface area contributed by atoms with E-state index in [9.17, 15) is 40.7 Å². The van der Waals surface area contributed by atoms with Crippen LogP contribution >= 0.6 is 0 Å². The van der Waals surface area contributed by atoms with Crippen molar-refractivity contribution in [3.8, 4) is 0 Å². The summed E-state index contributed by atoms with van der Waals surface area (Å²) in [6.45, 7) is 1.15. The standard InChI is InChI=1S/C13H12F6O6/c1-11-3-7(25-10(22)13(17,18)19)6(24-9(21)12(14,15)16)2-5(11)4-23-8(11)20/h5-7H,2-4H2,1H3/t5-,6+,7-,11-/m0/s1. The van der Waals surface area contributed by atoms with Crippen molar-refractivity contribution in [1.29, 1.82) is 0 Å². The highest BCUT2D eigenvalue weighted by Gasteiger charge is 2.58. The van der Waals surface area contributed by atoms with Crippen LogP contribution in [-0.4, -0.2) is 49.1 Å². The number of alkyl halides is 6. The largest absolute Gasteiger partial charge is 0.490 e. The molecule has 25 heavy (non-hydrogen) atoms. The monoisotopic (exact) mass is 378 g/mol. The van der Waals surface area contributed by atoms with E-state index in [0.717, 1.165) is 0 Å². The maximum atomic E-state index is 12.4. The third-order valence-corrected chi connectivity index (χ3v) is 4.32. The number of hydrogen-bond donors (Lipinski definition) is 0. The molecule has 1 heterocycles. The van der Waals surface area contributed by atoms with Crippen LogP contribution in [0.4, 0.5) is 26.3 Å². The van der Waals surface area contributed by atoms with E-state index < -0.39 is 66.6 Å². The van der Waals surface area contributed by atoms with Crippen LogP contribution in [-0.2, 0) is 28.6 Å². The van der Waals surface area contributed by atoms with Gasteiger partial charge in [-0.15, -0.1) is 0 Å². The van der Waals surface area contributed by atoms with Crippen molar-refractivity contribution in [3.05, 3.63) is 0 Å². The Bertz CT molecular complexity index is 585. The minimum atomic E-state index is -5.40. The van der Waals surface area contributed by atoms with Crippen LogP contribution in [0.25, 0.3) is 0 Å². The van der Waals surface area contributed by atoms with Crippen molar-refractivity contribution in [3.63, 3.8) is 0 Å². The molecule has 0 amide bonds. The van der Waals surface area contributed by atoms with Crippen molar-refractivity contribution < 1.29 is 54.9 Å². The summed E-state index contributed by atoms with van der Waals surface area (Å²) in [4.78, 5) is 33.8. The highest BCUT2D eigenvalue weighted by molar-refractivity contribution is 5.80. The Morgan fingerprint density at radius 1 is 1.04 bits per heavy atom. The van der Waals surface area contributed by atoms with Crippen molar-refractivity contribution in [2.45, 2.75) is 44.3 Å². The molecule has 0 bridgehead atoms. The smallest absolute Gasteiger partial charge is 0.465 e. The molecule has 0 aromatic carbocycles. The molecule has 6 nitrogen and oxygen atoms in total. The zero-order chi connectivity index (χ0) is 19.2. The highest BCUT2D eigenvalue weighted by Crippen LogP contribution is 2.48. The molecule has 12 heteroatoms. The van der Waals surface area contributed by atoms with E-state index in [0.29, 0.717) is 0 Å². The lowest BCUT2D eigenvalue weighted by molar-refractivity contribution is -0.228. The number of esters is 3. The predicted molar refractivity (Wildman–Crippen MR) is 63.7 cm³/mol. The second kappa shape index (κ2) is 6.06. The number of cyclic esters (lactones) is 1. The number of carbonyl (C=O) groups is 3. The molecule has 0 unspecified atom stereocenters. The third-order valence-electron chi connectivity index (χ3n) is 4.32. The molecular weight excluding hydrogens is 366 g/mol. The number of halogens is 6. The van der Waals surface area contributed by atoms with Crippen molar-refractivity contribution >= 4 is 17.9 Å². The summed E-state index contributed by atoms with van der Waals surface area (Å²) < 4.78 is 87.3. The summed E-state index contributed by atoms with van der Waals surface area (Å²) in [5.74, 6) is -6.74. The van der Waals surface area contributed by atoms with E-state index in [2.05, 4.69) is 9.47 Å². The summed E-state index contributed by atoms with van der Waals surface area (Å²) in [7, 11) is 0. The molecule has 2 rings (SSSR count). The lowest BCUT2D eigenvalue weighted by atomic mass is 9.67. The van der Waals surface area contributed by atoms with Crippen LogP contribution in [0.15, 0.2) is 0 Å². The third kappa shape index (κ3) is 3.82. The van der Waals surface area contributed by atoms with Gasteiger partial charge in [-0.2, -0.15) is 26.3 Å². The van der Waals surface area contributed by atoms with E-state index >= 15 is 0 Å². The predicted octanol–water partition coefficient (Wildman–Crippen LogP) is 1.91. The number of hydrogen-bond acceptors (Lipinski definition) is 6. The fraction of sp³-hybridized carbons (Fsp3) is 0.769. The van der Waals surface area contributed by atoms with Gasteiger partial charge in [-0.1, -0.05) is 0 Å². The molecule has 0 radical (unpaired) electrons. The number of rotatable bonds is 2. The second-order valence-electron chi connectivity index (χ2n) is 6.04. The van der Waals surface area contributed by atoms with Crippen LogP contribution < -0.4 is 0 Å². The average molecular weight is 378 g/mol. The molecule has 2 aliphatic rings. The number of ether oxygens (including phenoxy) is 3. The molecular formula is C13H12F6O6. The first-order valence-electron chi connectivity index (χ1n) is 6.98. The zero-order valence-electron chi connectivity index (χ0n) is 12.6. The molecule has 2 fully saturated rings. The van der Waals surface area contributed by atoms with Gasteiger partial charge in [0.05, 0.1) is 12.0 Å². The molecule has 142 valence electrons. The first-order chi connectivity index (χ1) is 11.2. The topological polar surface area (TPSA) is 78.9 Å². The van der Waals surface area contributed by atoms with Crippen molar-refractivity contribution in [1.82, 2.24) is 0 Å². The molecule has 1 saturated heterocycles. The normalized spacial score (nSPS) is 32.6. The van der Waals surface area contributed by atoms with E-state index in [1.165, 1.54) is 6.92 Å². The summed E-state index contributed by atoms with van der Waals surface area (Å²) in [6, 6.07) is 0. The van der Waals surface area contributed by atoms with Crippen LogP contribution in [0.1, 0.15) is 19.8 Å². The SMILES string of the molecule is C[C@]12C[C@H](OC(=O)C(F)(F)F)[C@H](OC(=O)C(F)(F)F)C[C@H]1COC2=O. The maximum absolute atomic E-state index is 12.4. The minimum absolute atomic E-state index is 0.185. The Hall–Kier alpha value is -2.01. The molecule has 1 saturated carbocycles. The maximum Gasteiger partial charge on any atom is 0.490 e. The Kier molecular flexibility index (Phi) is 4.68. The van der Waals surface area contributed by atoms with Gasteiger partial charge in [-0.3, -0.25) is 4.79 Å². The highest BCUT2D eigenvalue weighted by atomic mass is 19.4. The Morgan fingerprint density at radius 3 is 2.00 bits per heavy atom. The minimum Gasteiger partial charge on any atom is -0.465 e. The van der Waals surface area contributed by atoms with Gasteiger partial charge in [0.15, 0.2) is 0 Å². The summed E-state index contributed by atoms with van der Waals surface area (Å²) in [5, 5.41) is 0. The number of fused-ring (bicyclic) bond motifs is 1. The fourth-order valence-corrected chi connectivity index (χ4v) is 2.90. The van der Waals surface area contributed by atoms with E-state index in [1.807, 2.05) is 0 Å². The Balaban J connectivity index is 2.23. The molecule has 0 aromatic heterocycles. The van der Waals surface area contributed by atoms with Gasteiger partial charge in [-0.25, -0.2) is 9.59 Å². The molecule has 0 aromatic rings. The van der Waals surface area contributed by atoms with Gasteiger partial charge >= 0.3 is 30.3 Å². The molecule has 0 spiro atoms. The first kappa shape index (κ1) is 19.3. The summed E-state index contributed by atoms with van der Waals surface area (Å²) >= 11 is 0. The van der Waals surface area contributed by atoms with Gasteiger partial charge in [0.1, 0.15) is 12.2 Å². The first-order valence-corrected chi connectivity index (χ1v) is 6.98. The van der Waals surface area contributed by atoms with E-state index in [4.69, 9.17) is 4.74 Å². The number of carbonyl (C=O) groups excluding carboxylic acids is 3. The quantitative estimate of drug-likeness (QED) is 0.415. The van der Waals surface area contributed by atoms with Crippen LogP contribution in [0.3, 0.4) is 0 Å².